The summed E-state index contributed by atoms with van der Waals surface area (Å²) in [6.45, 7) is 0. The molecule has 0 radical (unpaired) electrons. The van der Waals surface area contributed by atoms with Gasteiger partial charge >= 0.3 is 0 Å². The van der Waals surface area contributed by atoms with Crippen molar-refractivity contribution in [3.8, 4) is 11.5 Å². The van der Waals surface area contributed by atoms with E-state index in [2.05, 4.69) is 15.9 Å². The van der Waals surface area contributed by atoms with Crippen LogP contribution in [0.4, 0.5) is 5.69 Å². The van der Waals surface area contributed by atoms with E-state index in [1.54, 1.807) is 42.5 Å². The normalized spacial score (nSPS) is 23.5. The van der Waals surface area contributed by atoms with Crippen molar-refractivity contribution in [2.45, 2.75) is 12.1 Å². The topological polar surface area (TPSA) is 76.1 Å². The van der Waals surface area contributed by atoms with E-state index in [4.69, 9.17) is 9.47 Å². The Kier molecular flexibility index (Phi) is 5.64. The lowest BCUT2D eigenvalue weighted by Crippen LogP contribution is -2.44. The van der Waals surface area contributed by atoms with Gasteiger partial charge < -0.3 is 14.4 Å². The van der Waals surface area contributed by atoms with Gasteiger partial charge in [-0.3, -0.25) is 14.4 Å². The maximum atomic E-state index is 14.2. The van der Waals surface area contributed by atoms with Crippen LogP contribution in [-0.2, 0) is 9.59 Å². The number of benzene rings is 3. The largest absolute Gasteiger partial charge is 0.497 e. The minimum atomic E-state index is -0.891. The van der Waals surface area contributed by atoms with Crippen molar-refractivity contribution in [2.75, 3.05) is 19.1 Å². The molecule has 0 N–H and O–H groups in total. The van der Waals surface area contributed by atoms with Crippen molar-refractivity contribution in [1.82, 2.24) is 4.90 Å². The molecule has 2 fully saturated rings. The lowest BCUT2D eigenvalue weighted by molar-refractivity contribution is -0.123. The quantitative estimate of drug-likeness (QED) is 0.328. The highest BCUT2D eigenvalue weighted by molar-refractivity contribution is 9.10. The Labute approximate surface area is 222 Å². The van der Waals surface area contributed by atoms with E-state index in [0.29, 0.717) is 22.7 Å². The summed E-state index contributed by atoms with van der Waals surface area (Å²) in [5.41, 5.74) is 2.69. The smallest absolute Gasteiger partial charge is 0.240 e. The average molecular weight is 559 g/mol. The first kappa shape index (κ1) is 23.5. The molecule has 0 aliphatic carbocycles. The van der Waals surface area contributed by atoms with Gasteiger partial charge in [0.15, 0.2) is 5.78 Å². The van der Waals surface area contributed by atoms with E-state index in [1.807, 2.05) is 41.4 Å². The molecular formula is C29H23BrN2O5. The van der Waals surface area contributed by atoms with Crippen molar-refractivity contribution in [3.63, 3.8) is 0 Å². The molecule has 3 aliphatic rings. The summed E-state index contributed by atoms with van der Waals surface area (Å²) in [6.07, 6.45) is 3.77. The highest BCUT2D eigenvalue weighted by Crippen LogP contribution is 2.54. The predicted octanol–water partition coefficient (Wildman–Crippen LogP) is 4.86. The molecule has 6 rings (SSSR count). The number of ketones is 1. The van der Waals surface area contributed by atoms with Crippen LogP contribution in [0.25, 0.3) is 6.08 Å². The molecule has 8 heteroatoms. The lowest BCUT2D eigenvalue weighted by Gasteiger charge is -2.35. The molecule has 0 unspecified atom stereocenters. The number of carbonyl (C=O) groups is 3. The molecule has 2 amide bonds. The van der Waals surface area contributed by atoms with Crippen LogP contribution < -0.4 is 14.4 Å². The minimum Gasteiger partial charge on any atom is -0.497 e. The summed E-state index contributed by atoms with van der Waals surface area (Å²) in [6, 6.07) is 18.5. The minimum absolute atomic E-state index is 0.295. The van der Waals surface area contributed by atoms with Crippen LogP contribution >= 0.6 is 15.9 Å². The molecular weight excluding hydrogens is 536 g/mol. The second-order valence-corrected chi connectivity index (χ2v) is 10.2. The van der Waals surface area contributed by atoms with E-state index in [-0.39, 0.29) is 17.6 Å². The first-order chi connectivity index (χ1) is 17.9. The van der Waals surface area contributed by atoms with Crippen LogP contribution in [0.2, 0.25) is 0 Å². The number of amides is 2. The first-order valence-corrected chi connectivity index (χ1v) is 12.7. The van der Waals surface area contributed by atoms with Crippen LogP contribution in [0.3, 0.4) is 0 Å². The summed E-state index contributed by atoms with van der Waals surface area (Å²) in [5, 5.41) is 0. The van der Waals surface area contributed by atoms with Gasteiger partial charge in [-0.2, -0.15) is 0 Å². The summed E-state index contributed by atoms with van der Waals surface area (Å²) in [7, 11) is 3.02. The standard InChI is InChI=1S/C29H23BrN2O5/c1-36-19-11-12-22(37-2)21(15-19)27(33)26-24-23(25-20-6-4-3-5-16(20)13-14-31(25)26)28(34)32(29(24)35)18-9-7-17(30)8-10-18/h3-15,23-26H,1-2H3/t23-,24-,25+,26-/m0/s1. The molecule has 3 aromatic rings. The van der Waals surface area contributed by atoms with Gasteiger partial charge in [0, 0.05) is 10.7 Å². The van der Waals surface area contributed by atoms with E-state index >= 15 is 0 Å². The van der Waals surface area contributed by atoms with E-state index < -0.39 is 23.9 Å². The lowest BCUT2D eigenvalue weighted by atomic mass is 9.83. The van der Waals surface area contributed by atoms with E-state index in [0.717, 1.165) is 15.6 Å². The Morgan fingerprint density at radius 3 is 2.35 bits per heavy atom. The molecule has 0 aromatic heterocycles. The van der Waals surface area contributed by atoms with Gasteiger partial charge in [-0.05, 0) is 59.7 Å². The van der Waals surface area contributed by atoms with Crippen LogP contribution in [0.1, 0.15) is 27.5 Å². The van der Waals surface area contributed by atoms with Crippen LogP contribution in [0.15, 0.2) is 77.4 Å². The van der Waals surface area contributed by atoms with Crippen LogP contribution in [0, 0.1) is 11.8 Å². The van der Waals surface area contributed by atoms with Gasteiger partial charge in [0.05, 0.1) is 43.3 Å². The number of ether oxygens (including phenoxy) is 2. The number of nitrogens with zero attached hydrogens (tertiary/aromatic N) is 2. The first-order valence-electron chi connectivity index (χ1n) is 11.9. The third kappa shape index (κ3) is 3.50. The van der Waals surface area contributed by atoms with Crippen molar-refractivity contribution in [1.29, 1.82) is 0 Å². The molecule has 7 nitrogen and oxygen atoms in total. The monoisotopic (exact) mass is 558 g/mol. The predicted molar refractivity (Wildman–Crippen MR) is 141 cm³/mol. The maximum absolute atomic E-state index is 14.2. The number of anilines is 1. The number of carbonyl (C=O) groups excluding carboxylic acids is 3. The Balaban J connectivity index is 1.51. The number of methoxy groups -OCH3 is 2. The molecule has 0 saturated carbocycles. The Hall–Kier alpha value is -3.91. The molecule has 3 heterocycles. The van der Waals surface area contributed by atoms with Crippen LogP contribution in [-0.4, -0.2) is 42.8 Å². The second kappa shape index (κ2) is 8.88. The number of Topliss-reactive ketones (excluding diaryl/α,β-unsaturated/α-hetero) is 1. The SMILES string of the molecule is COc1ccc(OC)c(C(=O)[C@@H]2[C@H]3C(=O)N(c4ccc(Br)cc4)C(=O)[C@@H]3[C@H]3c4ccccc4C=CN23)c1. The van der Waals surface area contributed by atoms with Gasteiger partial charge in [-0.25, -0.2) is 4.90 Å². The van der Waals surface area contributed by atoms with Gasteiger partial charge in [-0.1, -0.05) is 40.2 Å². The molecule has 0 spiro atoms. The highest BCUT2D eigenvalue weighted by atomic mass is 79.9. The Bertz CT molecular complexity index is 1470. The fourth-order valence-corrected chi connectivity index (χ4v) is 6.13. The number of hydrogen-bond acceptors (Lipinski definition) is 6. The molecule has 0 bridgehead atoms. The summed E-state index contributed by atoms with van der Waals surface area (Å²) >= 11 is 3.41. The number of hydrogen-bond donors (Lipinski definition) is 0. The molecule has 4 atom stereocenters. The fraction of sp³-hybridized carbons (Fsp3) is 0.207. The van der Waals surface area contributed by atoms with E-state index in [9.17, 15) is 14.4 Å². The van der Waals surface area contributed by atoms with Gasteiger partial charge in [0.25, 0.3) is 0 Å². The van der Waals surface area contributed by atoms with Gasteiger partial charge in [-0.15, -0.1) is 0 Å². The van der Waals surface area contributed by atoms with E-state index in [1.165, 1.54) is 19.1 Å². The molecule has 37 heavy (non-hydrogen) atoms. The summed E-state index contributed by atoms with van der Waals surface area (Å²) in [4.78, 5) is 45.3. The van der Waals surface area contributed by atoms with Crippen LogP contribution in [0.5, 0.6) is 11.5 Å². The third-order valence-corrected chi connectivity index (χ3v) is 8.02. The fourth-order valence-electron chi connectivity index (χ4n) is 5.87. The number of halogens is 1. The zero-order valence-electron chi connectivity index (χ0n) is 20.1. The molecule has 2 saturated heterocycles. The third-order valence-electron chi connectivity index (χ3n) is 7.49. The van der Waals surface area contributed by atoms with Crippen molar-refractivity contribution in [3.05, 3.63) is 94.1 Å². The highest BCUT2D eigenvalue weighted by Gasteiger charge is 2.64. The number of fused-ring (bicyclic) bond motifs is 5. The molecule has 3 aromatic carbocycles. The summed E-state index contributed by atoms with van der Waals surface area (Å²) in [5.74, 6) is -1.67. The van der Waals surface area contributed by atoms with Crippen molar-refractivity contribution < 1.29 is 23.9 Å². The average Bonchev–Trinajstić information content (AvgIpc) is 3.40. The molecule has 3 aliphatic heterocycles. The molecule has 186 valence electrons. The Morgan fingerprint density at radius 2 is 1.62 bits per heavy atom. The number of rotatable bonds is 5. The Morgan fingerprint density at radius 1 is 0.892 bits per heavy atom. The maximum Gasteiger partial charge on any atom is 0.240 e. The second-order valence-electron chi connectivity index (χ2n) is 9.25. The van der Waals surface area contributed by atoms with Crippen molar-refractivity contribution in [2.24, 2.45) is 11.8 Å². The van der Waals surface area contributed by atoms with Gasteiger partial charge in [0.1, 0.15) is 17.5 Å². The zero-order valence-corrected chi connectivity index (χ0v) is 21.7. The summed E-state index contributed by atoms with van der Waals surface area (Å²) < 4.78 is 11.7. The van der Waals surface area contributed by atoms with Crippen molar-refractivity contribution >= 4 is 45.3 Å². The van der Waals surface area contributed by atoms with Gasteiger partial charge in [0.2, 0.25) is 11.8 Å². The number of imide groups is 1. The zero-order chi connectivity index (χ0) is 25.8.